The van der Waals surface area contributed by atoms with Crippen molar-refractivity contribution in [2.75, 3.05) is 5.33 Å². The molecule has 1 amide bonds. The predicted octanol–water partition coefficient (Wildman–Crippen LogP) is 2.49. The molecular formula is C11H16BrN3OS. The van der Waals surface area contributed by atoms with Crippen LogP contribution >= 0.6 is 27.5 Å². The monoisotopic (exact) mass is 317 g/mol. The van der Waals surface area contributed by atoms with Crippen LogP contribution in [0.15, 0.2) is 0 Å². The van der Waals surface area contributed by atoms with Crippen molar-refractivity contribution in [3.8, 4) is 0 Å². The van der Waals surface area contributed by atoms with Crippen molar-refractivity contribution in [3.63, 3.8) is 0 Å². The second-order valence-electron chi connectivity index (χ2n) is 5.57. The summed E-state index contributed by atoms with van der Waals surface area (Å²) in [6.45, 7) is 6.12. The van der Waals surface area contributed by atoms with Crippen LogP contribution in [0.3, 0.4) is 0 Å². The molecule has 1 fully saturated rings. The Morgan fingerprint density at radius 1 is 1.53 bits per heavy atom. The molecule has 0 saturated heterocycles. The Morgan fingerprint density at radius 2 is 2.18 bits per heavy atom. The highest BCUT2D eigenvalue weighted by atomic mass is 79.9. The zero-order chi connectivity index (χ0) is 12.7. The lowest BCUT2D eigenvalue weighted by Gasteiger charge is -2.18. The van der Waals surface area contributed by atoms with Gasteiger partial charge in [0.1, 0.15) is 4.88 Å². The number of nitrogens with one attached hydrogen (secondary N) is 1. The van der Waals surface area contributed by atoms with Gasteiger partial charge < -0.3 is 5.32 Å². The Balaban J connectivity index is 2.18. The Labute approximate surface area is 113 Å². The number of hydrogen-bond acceptors (Lipinski definition) is 4. The highest BCUT2D eigenvalue weighted by Gasteiger charge is 2.44. The average molecular weight is 318 g/mol. The summed E-state index contributed by atoms with van der Waals surface area (Å²) < 4.78 is 3.91. The standard InChI is InChI=1S/C11H16BrN3OS/c1-10(2,3)8-7(17-15-14-8)9(16)13-11(6-12)4-5-11/h4-6H2,1-3H3,(H,13,16). The van der Waals surface area contributed by atoms with Crippen LogP contribution in [-0.4, -0.2) is 26.4 Å². The van der Waals surface area contributed by atoms with Gasteiger partial charge in [-0.05, 0) is 24.4 Å². The van der Waals surface area contributed by atoms with Gasteiger partial charge in [0.2, 0.25) is 0 Å². The molecular weight excluding hydrogens is 302 g/mol. The van der Waals surface area contributed by atoms with Crippen LogP contribution in [0.5, 0.6) is 0 Å². The highest BCUT2D eigenvalue weighted by Crippen LogP contribution is 2.37. The number of hydrogen-bond donors (Lipinski definition) is 1. The summed E-state index contributed by atoms with van der Waals surface area (Å²) in [5.74, 6) is -0.0399. The minimum absolute atomic E-state index is 0.0315. The topological polar surface area (TPSA) is 54.9 Å². The van der Waals surface area contributed by atoms with Crippen molar-refractivity contribution >= 4 is 33.4 Å². The van der Waals surface area contributed by atoms with Gasteiger partial charge in [-0.15, -0.1) is 5.10 Å². The molecule has 0 aliphatic heterocycles. The minimum Gasteiger partial charge on any atom is -0.345 e. The molecule has 1 saturated carbocycles. The van der Waals surface area contributed by atoms with Gasteiger partial charge in [0.15, 0.2) is 0 Å². The Bertz CT molecular complexity index is 434. The van der Waals surface area contributed by atoms with Crippen molar-refractivity contribution in [1.29, 1.82) is 0 Å². The van der Waals surface area contributed by atoms with Crippen molar-refractivity contribution in [3.05, 3.63) is 10.6 Å². The van der Waals surface area contributed by atoms with Crippen molar-refractivity contribution < 1.29 is 4.79 Å². The molecule has 0 aromatic carbocycles. The third-order valence-corrected chi connectivity index (χ3v) is 4.69. The van der Waals surface area contributed by atoms with E-state index in [1.807, 2.05) is 20.8 Å². The first kappa shape index (κ1) is 13.0. The molecule has 94 valence electrons. The van der Waals surface area contributed by atoms with Crippen LogP contribution in [0.2, 0.25) is 0 Å². The smallest absolute Gasteiger partial charge is 0.265 e. The number of aromatic nitrogens is 2. The number of amides is 1. The normalized spacial score (nSPS) is 17.9. The van der Waals surface area contributed by atoms with E-state index >= 15 is 0 Å². The number of halogens is 1. The van der Waals surface area contributed by atoms with Crippen LogP contribution in [0.25, 0.3) is 0 Å². The van der Waals surface area contributed by atoms with Crippen LogP contribution < -0.4 is 5.32 Å². The molecule has 0 bridgehead atoms. The van der Waals surface area contributed by atoms with Crippen molar-refractivity contribution in [2.24, 2.45) is 0 Å². The summed E-state index contributed by atoms with van der Waals surface area (Å²) in [6.07, 6.45) is 2.09. The molecule has 4 nitrogen and oxygen atoms in total. The van der Waals surface area contributed by atoms with Gasteiger partial charge in [-0.25, -0.2) is 0 Å². The Kier molecular flexibility index (Phi) is 3.29. The summed E-state index contributed by atoms with van der Waals surface area (Å²) >= 11 is 4.62. The van der Waals surface area contributed by atoms with E-state index in [0.717, 1.165) is 23.9 Å². The molecule has 2 rings (SSSR count). The quantitative estimate of drug-likeness (QED) is 0.871. The maximum atomic E-state index is 12.2. The van der Waals surface area contributed by atoms with Crippen LogP contribution in [0.1, 0.15) is 49.0 Å². The molecule has 1 N–H and O–H groups in total. The number of rotatable bonds is 3. The first-order valence-electron chi connectivity index (χ1n) is 5.59. The van der Waals surface area contributed by atoms with E-state index in [9.17, 15) is 4.79 Å². The lowest BCUT2D eigenvalue weighted by molar-refractivity contribution is 0.0938. The second kappa shape index (κ2) is 4.31. The molecule has 17 heavy (non-hydrogen) atoms. The first-order valence-corrected chi connectivity index (χ1v) is 7.49. The van der Waals surface area contributed by atoms with E-state index < -0.39 is 0 Å². The Morgan fingerprint density at radius 3 is 2.65 bits per heavy atom. The molecule has 1 aromatic heterocycles. The van der Waals surface area contributed by atoms with Crippen molar-refractivity contribution in [2.45, 2.75) is 44.6 Å². The van der Waals surface area contributed by atoms with E-state index in [2.05, 4.69) is 30.8 Å². The molecule has 0 atom stereocenters. The average Bonchev–Trinajstić information content (AvgIpc) is 2.81. The fourth-order valence-corrected chi connectivity index (χ4v) is 3.04. The largest absolute Gasteiger partial charge is 0.345 e. The van der Waals surface area contributed by atoms with Gasteiger partial charge in [0.05, 0.1) is 11.2 Å². The first-order chi connectivity index (χ1) is 7.88. The summed E-state index contributed by atoms with van der Waals surface area (Å²) in [5.41, 5.74) is 0.603. The van der Waals surface area contributed by atoms with Crippen LogP contribution in [-0.2, 0) is 5.41 Å². The van der Waals surface area contributed by atoms with Gasteiger partial charge in [-0.2, -0.15) is 0 Å². The summed E-state index contributed by atoms with van der Waals surface area (Å²) in [5, 5.41) is 7.97. The SMILES string of the molecule is CC(C)(C)c1nnsc1C(=O)NC1(CBr)CC1. The van der Waals surface area contributed by atoms with E-state index in [1.165, 1.54) is 11.5 Å². The number of carbonyl (C=O) groups excluding carboxylic acids is 1. The van der Waals surface area contributed by atoms with Gasteiger partial charge in [0, 0.05) is 10.7 Å². The molecule has 1 heterocycles. The Hall–Kier alpha value is -0.490. The summed E-state index contributed by atoms with van der Waals surface area (Å²) in [6, 6.07) is 0. The van der Waals surface area contributed by atoms with Gasteiger partial charge in [-0.1, -0.05) is 41.2 Å². The van der Waals surface area contributed by atoms with E-state index in [4.69, 9.17) is 0 Å². The van der Waals surface area contributed by atoms with Crippen LogP contribution in [0.4, 0.5) is 0 Å². The maximum Gasteiger partial charge on any atom is 0.265 e. The summed E-state index contributed by atoms with van der Waals surface area (Å²) in [4.78, 5) is 12.8. The number of alkyl halides is 1. The van der Waals surface area contributed by atoms with Crippen molar-refractivity contribution in [1.82, 2.24) is 14.9 Å². The van der Waals surface area contributed by atoms with E-state index in [-0.39, 0.29) is 16.9 Å². The van der Waals surface area contributed by atoms with Gasteiger partial charge >= 0.3 is 0 Å². The third-order valence-electron chi connectivity index (χ3n) is 2.89. The number of carbonyl (C=O) groups is 1. The molecule has 6 heteroatoms. The maximum absolute atomic E-state index is 12.2. The van der Waals surface area contributed by atoms with Crippen LogP contribution in [0, 0.1) is 0 Å². The molecule has 0 spiro atoms. The number of nitrogens with zero attached hydrogens (tertiary/aromatic N) is 2. The molecule has 1 aliphatic rings. The molecule has 1 aromatic rings. The zero-order valence-electron chi connectivity index (χ0n) is 10.2. The fraction of sp³-hybridized carbons (Fsp3) is 0.727. The molecule has 1 aliphatic carbocycles. The van der Waals surface area contributed by atoms with Gasteiger partial charge in [-0.3, -0.25) is 4.79 Å². The molecule has 0 unspecified atom stereocenters. The van der Waals surface area contributed by atoms with E-state index in [0.29, 0.717) is 4.88 Å². The lowest BCUT2D eigenvalue weighted by Crippen LogP contribution is -2.38. The second-order valence-corrected chi connectivity index (χ2v) is 6.88. The lowest BCUT2D eigenvalue weighted by atomic mass is 9.91. The minimum atomic E-state index is -0.148. The van der Waals surface area contributed by atoms with Gasteiger partial charge in [0.25, 0.3) is 5.91 Å². The zero-order valence-corrected chi connectivity index (χ0v) is 12.6. The fourth-order valence-electron chi connectivity index (χ4n) is 1.57. The van der Waals surface area contributed by atoms with E-state index in [1.54, 1.807) is 0 Å². The molecule has 0 radical (unpaired) electrons. The predicted molar refractivity (Wildman–Crippen MR) is 71.8 cm³/mol. The highest BCUT2D eigenvalue weighted by molar-refractivity contribution is 9.09. The summed E-state index contributed by atoms with van der Waals surface area (Å²) in [7, 11) is 0. The third kappa shape index (κ3) is 2.68.